The molecule has 2 amide bonds. The van der Waals surface area contributed by atoms with Crippen LogP contribution >= 0.6 is 12.4 Å². The Kier molecular flexibility index (Phi) is 8.66. The second-order valence-corrected chi connectivity index (χ2v) is 5.10. The minimum Gasteiger partial charge on any atom is -0.347 e. The van der Waals surface area contributed by atoms with Crippen molar-refractivity contribution in [1.82, 2.24) is 10.2 Å². The fraction of sp³-hybridized carbons (Fsp3) is 0.467. The van der Waals surface area contributed by atoms with Crippen LogP contribution in [0.4, 0.5) is 0 Å². The number of rotatable bonds is 6. The first-order chi connectivity index (χ1) is 9.41. The molecule has 0 spiro atoms. The van der Waals surface area contributed by atoms with Gasteiger partial charge in [0.25, 0.3) is 0 Å². The van der Waals surface area contributed by atoms with Crippen molar-refractivity contribution in [2.75, 3.05) is 13.6 Å². The summed E-state index contributed by atoms with van der Waals surface area (Å²) in [6.45, 7) is 4.05. The fourth-order valence-corrected chi connectivity index (χ4v) is 1.64. The van der Waals surface area contributed by atoms with Crippen LogP contribution in [0.25, 0.3) is 0 Å². The molecule has 6 heteroatoms. The third kappa shape index (κ3) is 6.60. The van der Waals surface area contributed by atoms with Gasteiger partial charge < -0.3 is 16.0 Å². The summed E-state index contributed by atoms with van der Waals surface area (Å²) >= 11 is 0. The highest BCUT2D eigenvalue weighted by Crippen LogP contribution is 2.03. The van der Waals surface area contributed by atoms with E-state index in [-0.39, 0.29) is 42.7 Å². The van der Waals surface area contributed by atoms with Crippen molar-refractivity contribution < 1.29 is 9.59 Å². The lowest BCUT2D eigenvalue weighted by Gasteiger charge is -2.19. The predicted molar refractivity (Wildman–Crippen MR) is 86.0 cm³/mol. The molecule has 2 unspecified atom stereocenters. The summed E-state index contributed by atoms with van der Waals surface area (Å²) in [5.74, 6) is -0.622. The summed E-state index contributed by atoms with van der Waals surface area (Å²) in [5, 5.41) is 2.62. The Morgan fingerprint density at radius 1 is 1.24 bits per heavy atom. The van der Waals surface area contributed by atoms with Crippen LogP contribution < -0.4 is 11.1 Å². The van der Waals surface area contributed by atoms with Crippen molar-refractivity contribution in [3.05, 3.63) is 35.9 Å². The standard InChI is InChI=1S/C15H23N3O2.ClH/c1-11(12(2)16)15(20)17-9-14(19)18(3)10-13-7-5-4-6-8-13;/h4-8,11-12H,9-10,16H2,1-3H3,(H,17,20);1H. The number of hydrogen-bond donors (Lipinski definition) is 2. The van der Waals surface area contributed by atoms with Crippen molar-refractivity contribution in [1.29, 1.82) is 0 Å². The minimum atomic E-state index is -0.303. The van der Waals surface area contributed by atoms with E-state index in [1.807, 2.05) is 30.3 Å². The molecule has 1 aromatic carbocycles. The number of carbonyl (C=O) groups excluding carboxylic acids is 2. The molecule has 5 nitrogen and oxygen atoms in total. The number of likely N-dealkylation sites (N-methyl/N-ethyl adjacent to an activating group) is 1. The van der Waals surface area contributed by atoms with E-state index in [1.165, 1.54) is 0 Å². The van der Waals surface area contributed by atoms with Crippen LogP contribution in [0.3, 0.4) is 0 Å². The summed E-state index contributed by atoms with van der Waals surface area (Å²) in [4.78, 5) is 25.2. The van der Waals surface area contributed by atoms with Gasteiger partial charge in [0.15, 0.2) is 0 Å². The van der Waals surface area contributed by atoms with E-state index >= 15 is 0 Å². The summed E-state index contributed by atoms with van der Waals surface area (Å²) in [6, 6.07) is 9.48. The molecule has 118 valence electrons. The van der Waals surface area contributed by atoms with Gasteiger partial charge in [-0.2, -0.15) is 0 Å². The monoisotopic (exact) mass is 313 g/mol. The average molecular weight is 314 g/mol. The molecule has 2 atom stereocenters. The van der Waals surface area contributed by atoms with Crippen LogP contribution in [0.2, 0.25) is 0 Å². The van der Waals surface area contributed by atoms with Crippen molar-refractivity contribution in [3.8, 4) is 0 Å². The van der Waals surface area contributed by atoms with Crippen LogP contribution in [0.5, 0.6) is 0 Å². The molecule has 0 aliphatic carbocycles. The average Bonchev–Trinajstić information content (AvgIpc) is 2.44. The van der Waals surface area contributed by atoms with E-state index < -0.39 is 0 Å². The van der Waals surface area contributed by atoms with Gasteiger partial charge in [-0.3, -0.25) is 9.59 Å². The normalized spacial score (nSPS) is 12.8. The van der Waals surface area contributed by atoms with E-state index in [2.05, 4.69) is 5.32 Å². The van der Waals surface area contributed by atoms with Gasteiger partial charge in [0.1, 0.15) is 0 Å². The third-order valence-electron chi connectivity index (χ3n) is 3.30. The predicted octanol–water partition coefficient (Wildman–Crippen LogP) is 1.17. The van der Waals surface area contributed by atoms with Crippen molar-refractivity contribution in [3.63, 3.8) is 0 Å². The summed E-state index contributed by atoms with van der Waals surface area (Å²) < 4.78 is 0. The zero-order valence-electron chi connectivity index (χ0n) is 12.7. The summed E-state index contributed by atoms with van der Waals surface area (Å²) in [7, 11) is 1.72. The molecule has 0 aromatic heterocycles. The number of nitrogens with zero attached hydrogens (tertiary/aromatic N) is 1. The van der Waals surface area contributed by atoms with Gasteiger partial charge in [0.2, 0.25) is 11.8 Å². The summed E-state index contributed by atoms with van der Waals surface area (Å²) in [5.41, 5.74) is 6.70. The lowest BCUT2D eigenvalue weighted by Crippen LogP contribution is -2.43. The maximum atomic E-state index is 11.9. The minimum absolute atomic E-state index is 0. The smallest absolute Gasteiger partial charge is 0.242 e. The van der Waals surface area contributed by atoms with Crippen LogP contribution in [-0.4, -0.2) is 36.3 Å². The van der Waals surface area contributed by atoms with Crippen molar-refractivity contribution in [2.45, 2.75) is 26.4 Å². The molecule has 1 aromatic rings. The Hall–Kier alpha value is -1.59. The number of benzene rings is 1. The van der Waals surface area contributed by atoms with Gasteiger partial charge in [0.05, 0.1) is 6.54 Å². The molecule has 21 heavy (non-hydrogen) atoms. The highest BCUT2D eigenvalue weighted by molar-refractivity contribution is 5.86. The molecular weight excluding hydrogens is 290 g/mol. The Morgan fingerprint density at radius 2 is 1.81 bits per heavy atom. The molecule has 0 radical (unpaired) electrons. The SMILES string of the molecule is CC(N)C(C)C(=O)NCC(=O)N(C)Cc1ccccc1.Cl. The topological polar surface area (TPSA) is 75.4 Å². The van der Waals surface area contributed by atoms with E-state index in [0.717, 1.165) is 5.56 Å². The lowest BCUT2D eigenvalue weighted by molar-refractivity contribution is -0.133. The second-order valence-electron chi connectivity index (χ2n) is 5.10. The Bertz CT molecular complexity index is 451. The molecule has 0 aliphatic heterocycles. The number of hydrogen-bond acceptors (Lipinski definition) is 3. The molecule has 0 fully saturated rings. The van der Waals surface area contributed by atoms with Gasteiger partial charge in [-0.1, -0.05) is 37.3 Å². The van der Waals surface area contributed by atoms with Gasteiger partial charge in [-0.15, -0.1) is 12.4 Å². The Labute approximate surface area is 132 Å². The first-order valence-corrected chi connectivity index (χ1v) is 6.73. The maximum absolute atomic E-state index is 11.9. The van der Waals surface area contributed by atoms with Crippen LogP contribution in [0.1, 0.15) is 19.4 Å². The number of nitrogens with two attached hydrogens (primary N) is 1. The number of carbonyl (C=O) groups is 2. The van der Waals surface area contributed by atoms with Gasteiger partial charge in [-0.05, 0) is 12.5 Å². The Morgan fingerprint density at radius 3 is 2.33 bits per heavy atom. The van der Waals surface area contributed by atoms with Gasteiger partial charge >= 0.3 is 0 Å². The first-order valence-electron chi connectivity index (χ1n) is 6.73. The molecule has 3 N–H and O–H groups in total. The molecule has 0 bridgehead atoms. The number of amides is 2. The van der Waals surface area contributed by atoms with Crippen LogP contribution in [-0.2, 0) is 16.1 Å². The molecule has 1 rings (SSSR count). The molecule has 0 heterocycles. The zero-order chi connectivity index (χ0) is 15.1. The highest BCUT2D eigenvalue weighted by Gasteiger charge is 2.18. The van der Waals surface area contributed by atoms with E-state index in [4.69, 9.17) is 5.73 Å². The van der Waals surface area contributed by atoms with Crippen LogP contribution in [0.15, 0.2) is 30.3 Å². The van der Waals surface area contributed by atoms with E-state index in [0.29, 0.717) is 6.54 Å². The highest BCUT2D eigenvalue weighted by atomic mass is 35.5. The van der Waals surface area contributed by atoms with E-state index in [1.54, 1.807) is 25.8 Å². The van der Waals surface area contributed by atoms with Gasteiger partial charge in [0, 0.05) is 25.6 Å². The summed E-state index contributed by atoms with van der Waals surface area (Å²) in [6.07, 6.45) is 0. The third-order valence-corrected chi connectivity index (χ3v) is 3.30. The maximum Gasteiger partial charge on any atom is 0.242 e. The second kappa shape index (κ2) is 9.37. The largest absolute Gasteiger partial charge is 0.347 e. The number of halogens is 1. The molecule has 0 aliphatic rings. The fourth-order valence-electron chi connectivity index (χ4n) is 1.64. The molecule has 0 saturated carbocycles. The first kappa shape index (κ1) is 19.4. The van der Waals surface area contributed by atoms with Crippen molar-refractivity contribution in [2.24, 2.45) is 11.7 Å². The van der Waals surface area contributed by atoms with Crippen LogP contribution in [0, 0.1) is 5.92 Å². The zero-order valence-corrected chi connectivity index (χ0v) is 13.5. The lowest BCUT2D eigenvalue weighted by atomic mass is 10.0. The number of nitrogens with one attached hydrogen (secondary N) is 1. The van der Waals surface area contributed by atoms with Gasteiger partial charge in [-0.25, -0.2) is 0 Å². The Balaban J connectivity index is 0.00000400. The molecular formula is C15H24ClN3O2. The van der Waals surface area contributed by atoms with Crippen molar-refractivity contribution >= 4 is 24.2 Å². The van der Waals surface area contributed by atoms with E-state index in [9.17, 15) is 9.59 Å². The molecule has 0 saturated heterocycles. The quantitative estimate of drug-likeness (QED) is 0.827.